The quantitative estimate of drug-likeness (QED) is 0.819. The van der Waals surface area contributed by atoms with E-state index in [-0.39, 0.29) is 11.7 Å². The second-order valence-corrected chi connectivity index (χ2v) is 4.05. The Morgan fingerprint density at radius 3 is 3.24 bits per heavy atom. The molecule has 0 aromatic carbocycles. The van der Waals surface area contributed by atoms with Crippen LogP contribution in [0.1, 0.15) is 23.7 Å². The highest BCUT2D eigenvalue weighted by molar-refractivity contribution is 5.93. The predicted molar refractivity (Wildman–Crippen MR) is 61.2 cm³/mol. The van der Waals surface area contributed by atoms with Crippen LogP contribution in [0.25, 0.3) is 0 Å². The molecule has 2 rings (SSSR count). The summed E-state index contributed by atoms with van der Waals surface area (Å²) in [6.07, 6.45) is 2.33. The fraction of sp³-hybridized carbons (Fsp3) is 0.545. The Bertz CT molecular complexity index is 411. The summed E-state index contributed by atoms with van der Waals surface area (Å²) in [4.78, 5) is 13.0. The first kappa shape index (κ1) is 11.8. The molecule has 2 heterocycles. The molecule has 6 nitrogen and oxygen atoms in total. The first-order valence-electron chi connectivity index (χ1n) is 5.60. The zero-order valence-electron chi connectivity index (χ0n) is 9.67. The third kappa shape index (κ3) is 2.71. The van der Waals surface area contributed by atoms with Crippen molar-refractivity contribution >= 4 is 11.8 Å². The number of aromatic carboxylic acids is 1. The van der Waals surface area contributed by atoms with Gasteiger partial charge in [-0.15, -0.1) is 5.10 Å². The topological polar surface area (TPSA) is 75.6 Å². The van der Waals surface area contributed by atoms with Crippen molar-refractivity contribution in [2.45, 2.75) is 19.4 Å². The number of hydrogen-bond acceptors (Lipinski definition) is 5. The summed E-state index contributed by atoms with van der Waals surface area (Å²) >= 11 is 0. The molecule has 17 heavy (non-hydrogen) atoms. The molecule has 0 spiro atoms. The van der Waals surface area contributed by atoms with E-state index in [1.54, 1.807) is 0 Å². The summed E-state index contributed by atoms with van der Waals surface area (Å²) < 4.78 is 5.52. The van der Waals surface area contributed by atoms with Gasteiger partial charge in [-0.05, 0) is 19.4 Å². The lowest BCUT2D eigenvalue weighted by Crippen LogP contribution is -2.32. The van der Waals surface area contributed by atoms with E-state index in [9.17, 15) is 4.79 Å². The van der Waals surface area contributed by atoms with Gasteiger partial charge in [-0.25, -0.2) is 4.79 Å². The molecule has 1 aliphatic rings. The Kier molecular flexibility index (Phi) is 3.53. The van der Waals surface area contributed by atoms with Crippen molar-refractivity contribution < 1.29 is 14.6 Å². The number of rotatable bonds is 2. The summed E-state index contributed by atoms with van der Waals surface area (Å²) in [6, 6.07) is 1.47. The average molecular weight is 237 g/mol. The fourth-order valence-corrected chi connectivity index (χ4v) is 1.91. The molecule has 0 aliphatic carbocycles. The van der Waals surface area contributed by atoms with Crippen LogP contribution in [-0.2, 0) is 4.74 Å². The second-order valence-electron chi connectivity index (χ2n) is 4.05. The minimum absolute atomic E-state index is 0.0705. The molecular formula is C11H15N3O3. The lowest BCUT2D eigenvalue weighted by atomic mass is 10.2. The standard InChI is InChI=1S/C11H15N3O3/c1-8-7-14(5-2-6-17-8)10-9(11(15)16)3-4-12-13-10/h3-4,8H,2,5-7H2,1H3,(H,15,16). The number of anilines is 1. The number of aromatic nitrogens is 2. The number of nitrogens with zero attached hydrogens (tertiary/aromatic N) is 3. The molecule has 92 valence electrons. The Balaban J connectivity index is 2.28. The molecule has 0 radical (unpaired) electrons. The van der Waals surface area contributed by atoms with Crippen LogP contribution in [0.4, 0.5) is 5.82 Å². The highest BCUT2D eigenvalue weighted by Gasteiger charge is 2.21. The van der Waals surface area contributed by atoms with Crippen LogP contribution in [0.5, 0.6) is 0 Å². The molecule has 6 heteroatoms. The monoisotopic (exact) mass is 237 g/mol. The van der Waals surface area contributed by atoms with E-state index in [0.29, 0.717) is 19.0 Å². The zero-order valence-corrected chi connectivity index (χ0v) is 9.67. The van der Waals surface area contributed by atoms with E-state index in [0.717, 1.165) is 13.0 Å². The molecule has 1 aliphatic heterocycles. The summed E-state index contributed by atoms with van der Waals surface area (Å²) in [5, 5.41) is 16.8. The smallest absolute Gasteiger partial charge is 0.339 e. The van der Waals surface area contributed by atoms with Crippen molar-refractivity contribution in [3.05, 3.63) is 17.8 Å². The lowest BCUT2D eigenvalue weighted by molar-refractivity contribution is 0.0695. The van der Waals surface area contributed by atoms with Crippen LogP contribution >= 0.6 is 0 Å². The van der Waals surface area contributed by atoms with E-state index in [1.165, 1.54) is 12.3 Å². The lowest BCUT2D eigenvalue weighted by Gasteiger charge is -2.23. The van der Waals surface area contributed by atoms with Gasteiger partial charge in [0, 0.05) is 19.7 Å². The summed E-state index contributed by atoms with van der Waals surface area (Å²) in [6.45, 7) is 4.04. The van der Waals surface area contributed by atoms with E-state index >= 15 is 0 Å². The Morgan fingerprint density at radius 2 is 2.47 bits per heavy atom. The van der Waals surface area contributed by atoms with Crippen molar-refractivity contribution in [1.29, 1.82) is 0 Å². The first-order valence-corrected chi connectivity index (χ1v) is 5.60. The van der Waals surface area contributed by atoms with Crippen LogP contribution in [0.15, 0.2) is 12.3 Å². The second kappa shape index (κ2) is 5.09. The molecule has 1 aromatic heterocycles. The predicted octanol–water partition coefficient (Wildman–Crippen LogP) is 0.790. The third-order valence-corrected chi connectivity index (χ3v) is 2.68. The third-order valence-electron chi connectivity index (χ3n) is 2.68. The average Bonchev–Trinajstić information content (AvgIpc) is 2.54. The summed E-state index contributed by atoms with van der Waals surface area (Å²) in [5.41, 5.74) is 0.189. The van der Waals surface area contributed by atoms with Gasteiger partial charge in [-0.3, -0.25) is 0 Å². The number of hydrogen-bond donors (Lipinski definition) is 1. The first-order chi connectivity index (χ1) is 8.18. The van der Waals surface area contributed by atoms with Crippen LogP contribution < -0.4 is 4.90 Å². The zero-order chi connectivity index (χ0) is 12.3. The van der Waals surface area contributed by atoms with Gasteiger partial charge >= 0.3 is 5.97 Å². The van der Waals surface area contributed by atoms with Gasteiger partial charge in [0.05, 0.1) is 12.3 Å². The van der Waals surface area contributed by atoms with E-state index in [1.807, 2.05) is 11.8 Å². The largest absolute Gasteiger partial charge is 0.478 e. The number of ether oxygens (including phenoxy) is 1. The molecule has 1 N–H and O–H groups in total. The van der Waals surface area contributed by atoms with Gasteiger partial charge < -0.3 is 14.7 Å². The number of carboxylic acid groups (broad SMARTS) is 1. The molecule has 0 bridgehead atoms. The summed E-state index contributed by atoms with van der Waals surface area (Å²) in [7, 11) is 0. The normalized spacial score (nSPS) is 21.0. The Labute approximate surface area is 99.2 Å². The minimum Gasteiger partial charge on any atom is -0.478 e. The maximum atomic E-state index is 11.1. The number of carbonyl (C=O) groups is 1. The molecule has 0 amide bonds. The van der Waals surface area contributed by atoms with Crippen molar-refractivity contribution in [1.82, 2.24) is 10.2 Å². The van der Waals surface area contributed by atoms with Crippen molar-refractivity contribution in [3.63, 3.8) is 0 Å². The molecule has 1 fully saturated rings. The Morgan fingerprint density at radius 1 is 1.65 bits per heavy atom. The van der Waals surface area contributed by atoms with Crippen molar-refractivity contribution in [2.24, 2.45) is 0 Å². The van der Waals surface area contributed by atoms with Gasteiger partial charge in [0.25, 0.3) is 0 Å². The van der Waals surface area contributed by atoms with Gasteiger partial charge in [-0.1, -0.05) is 0 Å². The van der Waals surface area contributed by atoms with E-state index in [2.05, 4.69) is 10.2 Å². The molecule has 0 saturated carbocycles. The van der Waals surface area contributed by atoms with Crippen LogP contribution in [-0.4, -0.2) is 47.1 Å². The van der Waals surface area contributed by atoms with Gasteiger partial charge in [0.2, 0.25) is 0 Å². The van der Waals surface area contributed by atoms with Gasteiger partial charge in [-0.2, -0.15) is 5.10 Å². The molecule has 1 atom stereocenters. The molecule has 1 unspecified atom stereocenters. The van der Waals surface area contributed by atoms with Crippen molar-refractivity contribution in [3.8, 4) is 0 Å². The fourth-order valence-electron chi connectivity index (χ4n) is 1.91. The van der Waals surface area contributed by atoms with Crippen LogP contribution in [0.2, 0.25) is 0 Å². The van der Waals surface area contributed by atoms with E-state index in [4.69, 9.17) is 9.84 Å². The molecule has 1 saturated heterocycles. The highest BCUT2D eigenvalue weighted by atomic mass is 16.5. The molecular weight excluding hydrogens is 222 g/mol. The van der Waals surface area contributed by atoms with E-state index < -0.39 is 5.97 Å². The maximum absolute atomic E-state index is 11.1. The minimum atomic E-state index is -0.979. The van der Waals surface area contributed by atoms with Gasteiger partial charge in [0.15, 0.2) is 5.82 Å². The highest BCUT2D eigenvalue weighted by Crippen LogP contribution is 2.19. The Hall–Kier alpha value is -1.69. The van der Waals surface area contributed by atoms with Crippen molar-refractivity contribution in [2.75, 3.05) is 24.6 Å². The molecule has 1 aromatic rings. The summed E-state index contributed by atoms with van der Waals surface area (Å²) in [5.74, 6) is -0.551. The number of carboxylic acids is 1. The SMILES string of the molecule is CC1CN(c2nnccc2C(=O)O)CCCO1. The van der Waals surface area contributed by atoms with Crippen LogP contribution in [0.3, 0.4) is 0 Å². The van der Waals surface area contributed by atoms with Crippen LogP contribution in [0, 0.1) is 0 Å². The maximum Gasteiger partial charge on any atom is 0.339 e. The van der Waals surface area contributed by atoms with Gasteiger partial charge in [0.1, 0.15) is 5.56 Å².